The second kappa shape index (κ2) is 18.5. The minimum atomic E-state index is -0.236. The van der Waals surface area contributed by atoms with Crippen molar-refractivity contribution in [2.24, 2.45) is 0 Å². The van der Waals surface area contributed by atoms with Crippen molar-refractivity contribution in [3.05, 3.63) is 226 Å². The number of rotatable bonds is 8. The highest BCUT2D eigenvalue weighted by atomic mass is 15.2. The van der Waals surface area contributed by atoms with Crippen molar-refractivity contribution in [3.63, 3.8) is 0 Å². The van der Waals surface area contributed by atoms with Crippen LogP contribution in [0.15, 0.2) is 176 Å². The molecule has 1 N–H and O–H groups in total. The van der Waals surface area contributed by atoms with E-state index >= 15 is 0 Å². The van der Waals surface area contributed by atoms with Gasteiger partial charge in [-0.3, -0.25) is 0 Å². The van der Waals surface area contributed by atoms with Gasteiger partial charge in [-0.15, -0.1) is 0 Å². The van der Waals surface area contributed by atoms with Crippen LogP contribution < -0.4 is 26.0 Å². The van der Waals surface area contributed by atoms with Crippen LogP contribution in [0, 0.1) is 20.8 Å². The smallest absolute Gasteiger partial charge is 0.197 e. The largest absolute Gasteiger partial charge is 0.355 e. The molecule has 13 rings (SSSR count). The summed E-state index contributed by atoms with van der Waals surface area (Å²) in [5.41, 5.74) is 31.2. The number of aryl methyl sites for hydroxylation is 3. The van der Waals surface area contributed by atoms with Crippen LogP contribution in [0.4, 0.5) is 45.5 Å². The summed E-state index contributed by atoms with van der Waals surface area (Å²) in [6.07, 6.45) is 4.64. The maximum Gasteiger partial charge on any atom is 0.197 e. The molecular formula is C76H77BN3. The first-order chi connectivity index (χ1) is 38.1. The maximum atomic E-state index is 4.22. The molecule has 1 radical (unpaired) electrons. The molecule has 0 saturated heterocycles. The number of hydrogen-bond acceptors (Lipinski definition) is 3. The molecule has 9 aromatic rings. The molecule has 0 amide bonds. The van der Waals surface area contributed by atoms with Gasteiger partial charge in [0.2, 0.25) is 0 Å². The van der Waals surface area contributed by atoms with E-state index in [1.54, 1.807) is 0 Å². The summed E-state index contributed by atoms with van der Waals surface area (Å²) in [5, 5.41) is 4.22. The van der Waals surface area contributed by atoms with Crippen LogP contribution in [0.3, 0.4) is 0 Å². The molecule has 4 heteroatoms. The number of nitrogens with zero attached hydrogens (tertiary/aromatic N) is 2. The highest BCUT2D eigenvalue weighted by molar-refractivity contribution is 6.73. The van der Waals surface area contributed by atoms with E-state index in [0.717, 1.165) is 53.4 Å². The van der Waals surface area contributed by atoms with Gasteiger partial charge in [0.15, 0.2) is 7.28 Å². The average molecular weight is 1040 g/mol. The molecule has 3 aliphatic carbocycles. The Morgan fingerprint density at radius 1 is 0.412 bits per heavy atom. The van der Waals surface area contributed by atoms with Crippen molar-refractivity contribution < 1.29 is 0 Å². The van der Waals surface area contributed by atoms with Crippen molar-refractivity contribution in [2.75, 3.05) is 15.1 Å². The maximum absolute atomic E-state index is 4.22. The van der Waals surface area contributed by atoms with Gasteiger partial charge in [0, 0.05) is 56.5 Å². The second-order valence-corrected chi connectivity index (χ2v) is 27.1. The van der Waals surface area contributed by atoms with E-state index in [1.807, 2.05) is 0 Å². The van der Waals surface area contributed by atoms with Gasteiger partial charge >= 0.3 is 0 Å². The number of hydrogen-bond donors (Lipinski definition) is 1. The van der Waals surface area contributed by atoms with E-state index in [1.165, 1.54) is 112 Å². The van der Waals surface area contributed by atoms with Gasteiger partial charge in [0.25, 0.3) is 0 Å². The Morgan fingerprint density at radius 2 is 0.988 bits per heavy atom. The van der Waals surface area contributed by atoms with E-state index < -0.39 is 0 Å². The Hall–Kier alpha value is -7.56. The Morgan fingerprint density at radius 3 is 1.65 bits per heavy atom. The highest BCUT2D eigenvalue weighted by Crippen LogP contribution is 2.57. The number of anilines is 8. The SMILES string of the molecule is Cc1ccccc1N(c1cc(-c2c(Nc3ccc4c(c3)C(C)(C)CCC4(C)C)ccc3c2-c2ccccc2C3(C)C)c2c(c1)N(c1cc3c(cc1C)C(C)(C)CCC3(C)C)c1ccc(-c3ccccc3)cc1[B]2)c1ccccc1C. The zero-order chi connectivity index (χ0) is 55.8. The molecule has 80 heavy (non-hydrogen) atoms. The summed E-state index contributed by atoms with van der Waals surface area (Å²) >= 11 is 0. The van der Waals surface area contributed by atoms with E-state index in [9.17, 15) is 0 Å². The minimum Gasteiger partial charge on any atom is -0.355 e. The monoisotopic (exact) mass is 1040 g/mol. The fraction of sp³-hybridized carbons (Fsp3) is 0.289. The molecule has 0 unspecified atom stereocenters. The number of fused-ring (bicyclic) bond motifs is 7. The first-order valence-corrected chi connectivity index (χ1v) is 29.4. The zero-order valence-corrected chi connectivity index (χ0v) is 49.5. The molecule has 399 valence electrons. The molecule has 0 saturated carbocycles. The molecule has 1 aliphatic heterocycles. The summed E-state index contributed by atoms with van der Waals surface area (Å²) in [6, 6.07) is 67.4. The summed E-state index contributed by atoms with van der Waals surface area (Å²) in [6.45, 7) is 31.3. The number of para-hydroxylation sites is 2. The summed E-state index contributed by atoms with van der Waals surface area (Å²) in [5.74, 6) is 0. The van der Waals surface area contributed by atoms with Crippen LogP contribution in [0.2, 0.25) is 0 Å². The van der Waals surface area contributed by atoms with Crippen molar-refractivity contribution in [1.29, 1.82) is 0 Å². The van der Waals surface area contributed by atoms with Gasteiger partial charge < -0.3 is 15.1 Å². The fourth-order valence-corrected chi connectivity index (χ4v) is 14.5. The predicted molar refractivity (Wildman–Crippen MR) is 344 cm³/mol. The van der Waals surface area contributed by atoms with Crippen LogP contribution in [0.1, 0.15) is 145 Å². The topological polar surface area (TPSA) is 18.5 Å². The minimum absolute atomic E-state index is 0.00450. The molecule has 0 bridgehead atoms. The van der Waals surface area contributed by atoms with E-state index in [-0.39, 0.29) is 27.1 Å². The quantitative estimate of drug-likeness (QED) is 0.153. The van der Waals surface area contributed by atoms with Crippen LogP contribution in [-0.4, -0.2) is 7.28 Å². The molecule has 0 aromatic heterocycles. The van der Waals surface area contributed by atoms with Crippen LogP contribution in [0.5, 0.6) is 0 Å². The van der Waals surface area contributed by atoms with Gasteiger partial charge in [0.1, 0.15) is 0 Å². The highest BCUT2D eigenvalue weighted by Gasteiger charge is 2.42. The van der Waals surface area contributed by atoms with Gasteiger partial charge in [-0.2, -0.15) is 0 Å². The second-order valence-electron chi connectivity index (χ2n) is 27.1. The lowest BCUT2D eigenvalue weighted by molar-refractivity contribution is 0.332. The van der Waals surface area contributed by atoms with Crippen LogP contribution in [-0.2, 0) is 27.1 Å². The van der Waals surface area contributed by atoms with E-state index in [2.05, 4.69) is 288 Å². The van der Waals surface area contributed by atoms with E-state index in [4.69, 9.17) is 0 Å². The van der Waals surface area contributed by atoms with E-state index in [0.29, 0.717) is 0 Å². The summed E-state index contributed by atoms with van der Waals surface area (Å²) < 4.78 is 0. The van der Waals surface area contributed by atoms with Gasteiger partial charge in [0.05, 0.1) is 0 Å². The molecule has 1 heterocycles. The summed E-state index contributed by atoms with van der Waals surface area (Å²) in [4.78, 5) is 5.18. The molecule has 0 fully saturated rings. The Balaban J connectivity index is 1.17. The van der Waals surface area contributed by atoms with Crippen LogP contribution >= 0.6 is 0 Å². The zero-order valence-electron chi connectivity index (χ0n) is 49.5. The third kappa shape index (κ3) is 8.29. The van der Waals surface area contributed by atoms with Crippen molar-refractivity contribution in [2.45, 2.75) is 143 Å². The third-order valence-electron chi connectivity index (χ3n) is 19.6. The Kier molecular flexibility index (Phi) is 12.0. The average Bonchev–Trinajstić information content (AvgIpc) is 3.74. The number of nitrogens with one attached hydrogen (secondary N) is 1. The molecular weight excluding hydrogens is 966 g/mol. The predicted octanol–water partition coefficient (Wildman–Crippen LogP) is 19.6. The first-order valence-electron chi connectivity index (χ1n) is 29.4. The lowest BCUT2D eigenvalue weighted by Crippen LogP contribution is -2.42. The lowest BCUT2D eigenvalue weighted by Gasteiger charge is -2.44. The Labute approximate surface area is 478 Å². The fourth-order valence-electron chi connectivity index (χ4n) is 14.5. The molecule has 9 aromatic carbocycles. The molecule has 0 atom stereocenters. The van der Waals surface area contributed by atoms with Crippen LogP contribution in [0.25, 0.3) is 33.4 Å². The normalized spacial score (nSPS) is 17.2. The lowest BCUT2D eigenvalue weighted by atomic mass is 9.57. The number of benzene rings is 9. The molecule has 0 spiro atoms. The Bertz CT molecular complexity index is 3940. The first kappa shape index (κ1) is 51.9. The van der Waals surface area contributed by atoms with Gasteiger partial charge in [-0.1, -0.05) is 196 Å². The van der Waals surface area contributed by atoms with Gasteiger partial charge in [-0.05, 0) is 206 Å². The standard InChI is InChI=1S/C76H77BN3/c1-47-23-17-21-29-64(47)79(65-30-22-18-24-48(65)2)53-44-55(70-63(35-34-58-69(70)54-27-19-20-28-56(54)76(58,12)13)78-52-32-33-57-60(43-52)74(8,9)38-37-72(57,4)5)71-68(45-53)80(66-36-31-51(42-62(66)77-71)50-25-15-14-16-26-50)67-46-61-59(41-49(67)3)73(6,7)39-40-75(61,10)11/h14-36,41-46,78H,37-40H2,1-13H3. The van der Waals surface area contributed by atoms with Crippen molar-refractivity contribution in [3.8, 4) is 33.4 Å². The van der Waals surface area contributed by atoms with Gasteiger partial charge in [-0.25, -0.2) is 0 Å². The van der Waals surface area contributed by atoms with Crippen molar-refractivity contribution >= 4 is 63.7 Å². The molecule has 3 nitrogen and oxygen atoms in total. The molecule has 4 aliphatic rings. The summed E-state index contributed by atoms with van der Waals surface area (Å²) in [7, 11) is 2.53. The third-order valence-corrected chi connectivity index (χ3v) is 19.6. The van der Waals surface area contributed by atoms with Crippen molar-refractivity contribution in [1.82, 2.24) is 0 Å².